The molecule has 0 fully saturated rings. The summed E-state index contributed by atoms with van der Waals surface area (Å²) in [6, 6.07) is 6.43. The highest BCUT2D eigenvalue weighted by atomic mass is 15.1. The third-order valence-corrected chi connectivity index (χ3v) is 3.13. The highest BCUT2D eigenvalue weighted by Crippen LogP contribution is 2.20. The Kier molecular flexibility index (Phi) is 3.55. The molecule has 0 atom stereocenters. The molecule has 0 bridgehead atoms. The molecule has 0 unspecified atom stereocenters. The van der Waals surface area contributed by atoms with Crippen molar-refractivity contribution < 1.29 is 0 Å². The Morgan fingerprint density at radius 3 is 2.82 bits per heavy atom. The SMILES string of the molecule is CC(C)N1CCC=C(c2ccc(C#N)cn2)C1. The Bertz CT molecular complexity index is 451. The molecule has 88 valence electrons. The molecule has 0 saturated carbocycles. The van der Waals surface area contributed by atoms with E-state index in [0.29, 0.717) is 11.6 Å². The maximum atomic E-state index is 8.74. The Labute approximate surface area is 102 Å². The second-order valence-electron chi connectivity index (χ2n) is 4.63. The first-order chi connectivity index (χ1) is 8.20. The van der Waals surface area contributed by atoms with E-state index < -0.39 is 0 Å². The summed E-state index contributed by atoms with van der Waals surface area (Å²) >= 11 is 0. The van der Waals surface area contributed by atoms with Crippen molar-refractivity contribution in [2.45, 2.75) is 26.3 Å². The van der Waals surface area contributed by atoms with Gasteiger partial charge in [-0.2, -0.15) is 5.26 Å². The molecule has 3 nitrogen and oxygen atoms in total. The first-order valence-electron chi connectivity index (χ1n) is 6.00. The van der Waals surface area contributed by atoms with Gasteiger partial charge >= 0.3 is 0 Å². The third-order valence-electron chi connectivity index (χ3n) is 3.13. The molecule has 0 amide bonds. The second kappa shape index (κ2) is 5.11. The number of hydrogen-bond acceptors (Lipinski definition) is 3. The summed E-state index contributed by atoms with van der Waals surface area (Å²) in [4.78, 5) is 6.79. The van der Waals surface area contributed by atoms with E-state index in [1.54, 1.807) is 6.20 Å². The molecule has 1 aliphatic heterocycles. The molecule has 0 N–H and O–H groups in total. The Balaban J connectivity index is 2.17. The van der Waals surface area contributed by atoms with Crippen LogP contribution in [0.4, 0.5) is 0 Å². The molecule has 0 aliphatic carbocycles. The number of nitriles is 1. The normalized spacial score (nSPS) is 16.7. The van der Waals surface area contributed by atoms with Crippen molar-refractivity contribution in [2.75, 3.05) is 13.1 Å². The maximum Gasteiger partial charge on any atom is 0.101 e. The molecular weight excluding hydrogens is 210 g/mol. The van der Waals surface area contributed by atoms with Gasteiger partial charge in [0.15, 0.2) is 0 Å². The van der Waals surface area contributed by atoms with Crippen LogP contribution < -0.4 is 0 Å². The van der Waals surface area contributed by atoms with Gasteiger partial charge in [0.25, 0.3) is 0 Å². The van der Waals surface area contributed by atoms with E-state index in [1.807, 2.05) is 12.1 Å². The van der Waals surface area contributed by atoms with Gasteiger partial charge < -0.3 is 0 Å². The van der Waals surface area contributed by atoms with Crippen molar-refractivity contribution in [1.82, 2.24) is 9.88 Å². The number of rotatable bonds is 2. The first-order valence-corrected chi connectivity index (χ1v) is 6.00. The molecular formula is C14H17N3. The summed E-state index contributed by atoms with van der Waals surface area (Å²) in [6.07, 6.45) is 4.98. The molecule has 1 aromatic heterocycles. The van der Waals surface area contributed by atoms with Gasteiger partial charge in [0, 0.05) is 25.3 Å². The molecule has 1 aliphatic rings. The summed E-state index contributed by atoms with van der Waals surface area (Å²) in [5.41, 5.74) is 2.88. The molecule has 2 heterocycles. The summed E-state index contributed by atoms with van der Waals surface area (Å²) in [5, 5.41) is 8.74. The zero-order chi connectivity index (χ0) is 12.3. The fourth-order valence-corrected chi connectivity index (χ4v) is 2.04. The van der Waals surface area contributed by atoms with E-state index in [2.05, 4.69) is 35.9 Å². The summed E-state index contributed by atoms with van der Waals surface area (Å²) in [6.45, 7) is 6.51. The zero-order valence-corrected chi connectivity index (χ0v) is 10.3. The smallest absolute Gasteiger partial charge is 0.101 e. The predicted octanol–water partition coefficient (Wildman–Crippen LogP) is 2.45. The topological polar surface area (TPSA) is 39.9 Å². The van der Waals surface area contributed by atoms with Gasteiger partial charge in [-0.1, -0.05) is 6.08 Å². The van der Waals surface area contributed by atoms with Gasteiger partial charge in [-0.25, -0.2) is 0 Å². The summed E-state index contributed by atoms with van der Waals surface area (Å²) in [5.74, 6) is 0. The van der Waals surface area contributed by atoms with Crippen molar-refractivity contribution in [1.29, 1.82) is 5.26 Å². The average molecular weight is 227 g/mol. The Hall–Kier alpha value is -1.66. The molecule has 0 aromatic carbocycles. The van der Waals surface area contributed by atoms with Crippen molar-refractivity contribution in [2.24, 2.45) is 0 Å². The first kappa shape index (κ1) is 11.8. The largest absolute Gasteiger partial charge is 0.296 e. The molecule has 1 aromatic rings. The second-order valence-corrected chi connectivity index (χ2v) is 4.63. The lowest BCUT2D eigenvalue weighted by Crippen LogP contribution is -2.35. The van der Waals surface area contributed by atoms with Crippen LogP contribution in [0.25, 0.3) is 5.57 Å². The molecule has 0 spiro atoms. The predicted molar refractivity (Wildman–Crippen MR) is 68.3 cm³/mol. The molecule has 0 saturated heterocycles. The van der Waals surface area contributed by atoms with Gasteiger partial charge in [-0.15, -0.1) is 0 Å². The van der Waals surface area contributed by atoms with Crippen LogP contribution in [-0.4, -0.2) is 29.0 Å². The minimum atomic E-state index is 0.567. The van der Waals surface area contributed by atoms with Crippen LogP contribution in [0.2, 0.25) is 0 Å². The summed E-state index contributed by atoms with van der Waals surface area (Å²) < 4.78 is 0. The number of hydrogen-bond donors (Lipinski definition) is 0. The lowest BCUT2D eigenvalue weighted by molar-refractivity contribution is 0.247. The van der Waals surface area contributed by atoms with Gasteiger partial charge in [-0.3, -0.25) is 9.88 Å². The van der Waals surface area contributed by atoms with Crippen molar-refractivity contribution >= 4 is 5.57 Å². The molecule has 2 rings (SSSR count). The van der Waals surface area contributed by atoms with Crippen LogP contribution in [-0.2, 0) is 0 Å². The quantitative estimate of drug-likeness (QED) is 0.779. The van der Waals surface area contributed by atoms with E-state index in [1.165, 1.54) is 5.57 Å². The van der Waals surface area contributed by atoms with E-state index in [9.17, 15) is 0 Å². The lowest BCUT2D eigenvalue weighted by atomic mass is 10.0. The zero-order valence-electron chi connectivity index (χ0n) is 10.3. The Morgan fingerprint density at radius 2 is 2.24 bits per heavy atom. The van der Waals surface area contributed by atoms with E-state index in [0.717, 1.165) is 25.2 Å². The van der Waals surface area contributed by atoms with Crippen LogP contribution in [0.15, 0.2) is 24.4 Å². The highest BCUT2D eigenvalue weighted by molar-refractivity contribution is 5.65. The average Bonchev–Trinajstić information content (AvgIpc) is 2.39. The van der Waals surface area contributed by atoms with E-state index >= 15 is 0 Å². The van der Waals surface area contributed by atoms with Crippen LogP contribution in [0.5, 0.6) is 0 Å². The lowest BCUT2D eigenvalue weighted by Gasteiger charge is -2.30. The fourth-order valence-electron chi connectivity index (χ4n) is 2.04. The van der Waals surface area contributed by atoms with Gasteiger partial charge in [0.05, 0.1) is 11.3 Å². The van der Waals surface area contributed by atoms with Crippen LogP contribution in [0, 0.1) is 11.3 Å². The number of nitrogens with zero attached hydrogens (tertiary/aromatic N) is 3. The van der Waals surface area contributed by atoms with Crippen molar-refractivity contribution in [3.8, 4) is 6.07 Å². The minimum absolute atomic E-state index is 0.567. The maximum absolute atomic E-state index is 8.74. The standard InChI is InChI=1S/C14H17N3/c1-11(2)17-7-3-4-13(10-17)14-6-5-12(8-15)9-16-14/h4-6,9,11H,3,7,10H2,1-2H3. The molecule has 3 heteroatoms. The van der Waals surface area contributed by atoms with Crippen LogP contribution in [0.3, 0.4) is 0 Å². The monoisotopic (exact) mass is 227 g/mol. The molecule has 0 radical (unpaired) electrons. The number of aromatic nitrogens is 1. The van der Waals surface area contributed by atoms with Crippen LogP contribution in [0.1, 0.15) is 31.5 Å². The van der Waals surface area contributed by atoms with Crippen molar-refractivity contribution in [3.63, 3.8) is 0 Å². The fraction of sp³-hybridized carbons (Fsp3) is 0.429. The van der Waals surface area contributed by atoms with Crippen LogP contribution >= 0.6 is 0 Å². The van der Waals surface area contributed by atoms with Gasteiger partial charge in [0.1, 0.15) is 6.07 Å². The minimum Gasteiger partial charge on any atom is -0.296 e. The Morgan fingerprint density at radius 1 is 1.41 bits per heavy atom. The number of pyridine rings is 1. The van der Waals surface area contributed by atoms with Gasteiger partial charge in [0.2, 0.25) is 0 Å². The van der Waals surface area contributed by atoms with Gasteiger partial charge in [-0.05, 0) is 38.0 Å². The summed E-state index contributed by atoms with van der Waals surface area (Å²) in [7, 11) is 0. The highest BCUT2D eigenvalue weighted by Gasteiger charge is 2.16. The van der Waals surface area contributed by atoms with Crippen molar-refractivity contribution in [3.05, 3.63) is 35.7 Å². The molecule has 17 heavy (non-hydrogen) atoms. The van der Waals surface area contributed by atoms with E-state index in [-0.39, 0.29) is 0 Å². The van der Waals surface area contributed by atoms with E-state index in [4.69, 9.17) is 5.26 Å². The third kappa shape index (κ3) is 2.72.